The van der Waals surface area contributed by atoms with Crippen molar-refractivity contribution in [1.29, 1.82) is 0 Å². The van der Waals surface area contributed by atoms with Crippen LogP contribution in [0, 0.1) is 0 Å². The quantitative estimate of drug-likeness (QED) is 0.191. The fourth-order valence-electron chi connectivity index (χ4n) is 5.71. The molecule has 0 N–H and O–H groups in total. The highest BCUT2D eigenvalue weighted by Gasteiger charge is 2.15. The molecule has 224 valence electrons. The second-order valence-electron chi connectivity index (χ2n) is 11.0. The van der Waals surface area contributed by atoms with Crippen molar-refractivity contribution in [3.63, 3.8) is 0 Å². The van der Waals surface area contributed by atoms with Crippen LogP contribution in [0.25, 0.3) is 88.7 Å². The van der Waals surface area contributed by atoms with Gasteiger partial charge in [0.1, 0.15) is 0 Å². The summed E-state index contributed by atoms with van der Waals surface area (Å²) in [6.45, 7) is 0. The average Bonchev–Trinajstić information content (AvgIpc) is 3.28. The summed E-state index contributed by atoms with van der Waals surface area (Å²) in [6.07, 6.45) is 0. The van der Waals surface area contributed by atoms with E-state index in [0.717, 1.165) is 21.9 Å². The second kappa shape index (κ2) is 11.7. The summed E-state index contributed by atoms with van der Waals surface area (Å²) in [5, 5.41) is 0.168. The van der Waals surface area contributed by atoms with Gasteiger partial charge in [0.05, 0.1) is 17.8 Å². The molecule has 1 heterocycles. The molecule has 3 heteroatoms. The predicted octanol–water partition coefficient (Wildman–Crippen LogP) is 11.7. The lowest BCUT2D eigenvalue weighted by Gasteiger charge is -2.12. The minimum atomic E-state index is -0.732. The molecule has 0 spiro atoms. The van der Waals surface area contributed by atoms with Gasteiger partial charge < -0.3 is 0 Å². The Morgan fingerprint density at radius 1 is 0.354 bits per heavy atom. The van der Waals surface area contributed by atoms with Crippen molar-refractivity contribution in [2.45, 2.75) is 0 Å². The van der Waals surface area contributed by atoms with E-state index in [0.29, 0.717) is 11.1 Å². The van der Waals surface area contributed by atoms with Crippen LogP contribution in [-0.4, -0.2) is 15.0 Å². The van der Waals surface area contributed by atoms with Gasteiger partial charge in [-0.3, -0.25) is 0 Å². The number of nitrogens with zero attached hydrogens (tertiary/aromatic N) is 3. The van der Waals surface area contributed by atoms with E-state index in [4.69, 9.17) is 24.5 Å². The highest BCUT2D eigenvalue weighted by molar-refractivity contribution is 6.00. The molecule has 0 aliphatic carbocycles. The lowest BCUT2D eigenvalue weighted by Crippen LogP contribution is -2.00. The monoisotopic (exact) mass is 624 g/mol. The second-order valence-corrected chi connectivity index (χ2v) is 11.0. The summed E-state index contributed by atoms with van der Waals surface area (Å²) < 4.78 is 116. The summed E-state index contributed by atoms with van der Waals surface area (Å²) in [6, 6.07) is 22.0. The van der Waals surface area contributed by atoms with E-state index in [9.17, 15) is 8.22 Å². The fourth-order valence-corrected chi connectivity index (χ4v) is 5.71. The molecule has 0 saturated carbocycles. The van der Waals surface area contributed by atoms with Gasteiger partial charge in [-0.2, -0.15) is 0 Å². The molecular weight excluding hydrogens is 583 g/mol. The highest BCUT2D eigenvalue weighted by atomic mass is 15.0. The third-order valence-electron chi connectivity index (χ3n) is 8.06. The standard InChI is InChI=1S/C45H29N3/c1-3-11-30(12-4-1)36-22-21-32-17-10-20-41(42(32)29-36)45-47-43(33-14-5-2-6-15-33)46-44(48-45)38-26-24-34-27-37(25-23-35(34)28-38)40-19-9-16-31-13-7-8-18-39(31)40/h1-29H/i7D,8D,9D,13D,16D,18D,19D,23D,24D,25D,26D,27D,28D. The Morgan fingerprint density at radius 3 is 1.83 bits per heavy atom. The molecule has 0 saturated heterocycles. The van der Waals surface area contributed by atoms with Crippen LogP contribution in [0.4, 0.5) is 0 Å². The number of benzene rings is 8. The van der Waals surface area contributed by atoms with Crippen LogP contribution < -0.4 is 0 Å². The Morgan fingerprint density at radius 2 is 1.02 bits per heavy atom. The lowest BCUT2D eigenvalue weighted by molar-refractivity contribution is 1.08. The van der Waals surface area contributed by atoms with Gasteiger partial charge in [0.2, 0.25) is 0 Å². The molecule has 1 aromatic heterocycles. The van der Waals surface area contributed by atoms with Crippen LogP contribution in [-0.2, 0) is 0 Å². The summed E-state index contributed by atoms with van der Waals surface area (Å²) in [5.74, 6) is 0.249. The van der Waals surface area contributed by atoms with E-state index in [2.05, 4.69) is 0 Å². The summed E-state index contributed by atoms with van der Waals surface area (Å²) in [5.41, 5.74) is 1.95. The van der Waals surface area contributed by atoms with Gasteiger partial charge in [0, 0.05) is 16.7 Å². The molecule has 3 nitrogen and oxygen atoms in total. The van der Waals surface area contributed by atoms with Gasteiger partial charge >= 0.3 is 0 Å². The average molecular weight is 625 g/mol. The number of rotatable bonds is 5. The Labute approximate surface area is 297 Å². The maximum Gasteiger partial charge on any atom is 0.164 e. The van der Waals surface area contributed by atoms with Gasteiger partial charge in [0.15, 0.2) is 17.5 Å². The first-order chi connectivity index (χ1) is 29.2. The van der Waals surface area contributed by atoms with Crippen molar-refractivity contribution in [1.82, 2.24) is 15.0 Å². The first kappa shape index (κ1) is 17.5. The lowest BCUT2D eigenvalue weighted by atomic mass is 9.95. The van der Waals surface area contributed by atoms with Gasteiger partial charge in [0.25, 0.3) is 0 Å². The molecule has 0 amide bonds. The van der Waals surface area contributed by atoms with Crippen molar-refractivity contribution in [2.75, 3.05) is 0 Å². The van der Waals surface area contributed by atoms with Crippen molar-refractivity contribution in [3.05, 3.63) is 176 Å². The van der Waals surface area contributed by atoms with Crippen molar-refractivity contribution < 1.29 is 17.8 Å². The maximum absolute atomic E-state index is 9.50. The Hall–Kier alpha value is -6.45. The number of hydrogen-bond acceptors (Lipinski definition) is 3. The van der Waals surface area contributed by atoms with Crippen LogP contribution in [0.2, 0.25) is 0 Å². The molecule has 0 aliphatic heterocycles. The molecule has 0 bridgehead atoms. The largest absolute Gasteiger partial charge is 0.208 e. The van der Waals surface area contributed by atoms with E-state index < -0.39 is 106 Å². The van der Waals surface area contributed by atoms with Crippen molar-refractivity contribution >= 4 is 32.3 Å². The van der Waals surface area contributed by atoms with Crippen molar-refractivity contribution in [3.8, 4) is 56.4 Å². The van der Waals surface area contributed by atoms with Crippen LogP contribution >= 0.6 is 0 Å². The molecule has 9 rings (SSSR count). The zero-order chi connectivity index (χ0) is 43.2. The summed E-state index contributed by atoms with van der Waals surface area (Å²) in [4.78, 5) is 14.4. The molecular formula is C45H29N3. The SMILES string of the molecule is [2H]c1c(-c2c([2H])c([2H])c([2H])c3c([2H])c([2H])c([2H])c([2H])c23)c([2H])c2c([2H])c([2H])c(-c3nc(-c4ccccc4)nc(-c4cccc5ccc(-c6ccccc6)cc45)n3)c([2H])c2c1[2H]. The van der Waals surface area contributed by atoms with Gasteiger partial charge in [-0.1, -0.05) is 157 Å². The van der Waals surface area contributed by atoms with Gasteiger partial charge in [-0.15, -0.1) is 0 Å². The van der Waals surface area contributed by atoms with Crippen LogP contribution in [0.1, 0.15) is 17.8 Å². The topological polar surface area (TPSA) is 38.7 Å². The minimum Gasteiger partial charge on any atom is -0.208 e. The smallest absolute Gasteiger partial charge is 0.164 e. The normalized spacial score (nSPS) is 15.1. The van der Waals surface area contributed by atoms with Crippen molar-refractivity contribution in [2.24, 2.45) is 0 Å². The van der Waals surface area contributed by atoms with E-state index in [1.54, 1.807) is 24.3 Å². The summed E-state index contributed by atoms with van der Waals surface area (Å²) >= 11 is 0. The van der Waals surface area contributed by atoms with E-state index in [1.807, 2.05) is 72.8 Å². The Bertz CT molecular complexity index is 3340. The molecule has 0 atom stereocenters. The number of fused-ring (bicyclic) bond motifs is 3. The Balaban J connectivity index is 1.33. The maximum atomic E-state index is 9.50. The first-order valence-electron chi connectivity index (χ1n) is 21.6. The molecule has 8 aromatic carbocycles. The van der Waals surface area contributed by atoms with Crippen LogP contribution in [0.15, 0.2) is 176 Å². The fraction of sp³-hybridized carbons (Fsp3) is 0. The Kier molecular flexibility index (Phi) is 4.27. The van der Waals surface area contributed by atoms with E-state index >= 15 is 0 Å². The van der Waals surface area contributed by atoms with Gasteiger partial charge in [-0.25, -0.2) is 15.0 Å². The van der Waals surface area contributed by atoms with Crippen LogP contribution in [0.5, 0.6) is 0 Å². The number of aromatic nitrogens is 3. The zero-order valence-electron chi connectivity index (χ0n) is 38.1. The third kappa shape index (κ3) is 5.08. The molecule has 0 aliphatic rings. The van der Waals surface area contributed by atoms with E-state index in [1.165, 1.54) is 0 Å². The third-order valence-corrected chi connectivity index (χ3v) is 8.06. The minimum absolute atomic E-state index is 0.160. The predicted molar refractivity (Wildman–Crippen MR) is 200 cm³/mol. The zero-order valence-corrected chi connectivity index (χ0v) is 25.1. The molecule has 48 heavy (non-hydrogen) atoms. The molecule has 0 fully saturated rings. The van der Waals surface area contributed by atoms with Gasteiger partial charge in [-0.05, 0) is 72.7 Å². The van der Waals surface area contributed by atoms with Crippen LogP contribution in [0.3, 0.4) is 0 Å². The molecule has 0 radical (unpaired) electrons. The highest BCUT2D eigenvalue weighted by Crippen LogP contribution is 2.35. The molecule has 9 aromatic rings. The molecule has 0 unspecified atom stereocenters. The first-order valence-corrected chi connectivity index (χ1v) is 15.1. The number of hydrogen-bond donors (Lipinski definition) is 0. The summed E-state index contributed by atoms with van der Waals surface area (Å²) in [7, 11) is 0. The van der Waals surface area contributed by atoms with E-state index in [-0.39, 0.29) is 28.4 Å².